The fourth-order valence-corrected chi connectivity index (χ4v) is 1.88. The largest absolute Gasteiger partial charge is 0.480 e. The van der Waals surface area contributed by atoms with Gasteiger partial charge in [-0.2, -0.15) is 16.9 Å². The Morgan fingerprint density at radius 3 is 2.89 bits per heavy atom. The van der Waals surface area contributed by atoms with E-state index in [1.165, 1.54) is 0 Å². The quantitative estimate of drug-likeness (QED) is 0.723. The summed E-state index contributed by atoms with van der Waals surface area (Å²) in [4.78, 5) is 22.5. The minimum absolute atomic E-state index is 0.227. The van der Waals surface area contributed by atoms with Crippen LogP contribution in [0.25, 0.3) is 0 Å². The lowest BCUT2D eigenvalue weighted by Gasteiger charge is -2.13. The van der Waals surface area contributed by atoms with Gasteiger partial charge in [-0.25, -0.2) is 4.79 Å². The molecule has 1 aromatic heterocycles. The Hall–Kier alpha value is -1.50. The minimum atomic E-state index is -0.989. The molecule has 0 saturated heterocycles. The number of hydrogen-bond donors (Lipinski definition) is 2. The second-order valence-corrected chi connectivity index (χ2v) is 4.74. The molecule has 1 heterocycles. The SMILES string of the molecule is CSCC[C@@H](NC(=O)CCn1cccn1)C(=O)O. The van der Waals surface area contributed by atoms with Crippen LogP contribution in [0.15, 0.2) is 18.5 Å². The third kappa shape index (κ3) is 5.22. The number of nitrogens with zero attached hydrogens (tertiary/aromatic N) is 2. The van der Waals surface area contributed by atoms with Crippen molar-refractivity contribution in [3.8, 4) is 0 Å². The second kappa shape index (κ2) is 7.75. The summed E-state index contributed by atoms with van der Waals surface area (Å²) in [6.45, 7) is 0.452. The molecule has 0 aliphatic carbocycles. The van der Waals surface area contributed by atoms with Crippen LogP contribution < -0.4 is 5.32 Å². The molecule has 1 rings (SSSR count). The summed E-state index contributed by atoms with van der Waals surface area (Å²) in [5, 5.41) is 15.4. The molecule has 6 nitrogen and oxygen atoms in total. The first-order valence-corrected chi connectivity index (χ1v) is 7.01. The van der Waals surface area contributed by atoms with Gasteiger partial charge in [-0.1, -0.05) is 0 Å². The summed E-state index contributed by atoms with van der Waals surface area (Å²) in [6, 6.07) is 0.971. The summed E-state index contributed by atoms with van der Waals surface area (Å²) < 4.78 is 1.64. The van der Waals surface area contributed by atoms with E-state index in [1.54, 1.807) is 34.9 Å². The molecule has 0 aliphatic rings. The zero-order valence-corrected chi connectivity index (χ0v) is 11.0. The minimum Gasteiger partial charge on any atom is -0.480 e. The Morgan fingerprint density at radius 2 is 2.33 bits per heavy atom. The predicted octanol–water partition coefficient (Wildman–Crippen LogP) is 0.596. The fraction of sp³-hybridized carbons (Fsp3) is 0.545. The van der Waals surface area contributed by atoms with Crippen LogP contribution in [0.1, 0.15) is 12.8 Å². The molecule has 0 saturated carbocycles. The van der Waals surface area contributed by atoms with Crippen molar-refractivity contribution in [2.75, 3.05) is 12.0 Å². The van der Waals surface area contributed by atoms with Crippen LogP contribution in [0, 0.1) is 0 Å². The number of nitrogens with one attached hydrogen (secondary N) is 1. The number of carbonyl (C=O) groups excluding carboxylic acids is 1. The highest BCUT2D eigenvalue weighted by atomic mass is 32.2. The number of aliphatic carboxylic acids is 1. The predicted molar refractivity (Wildman–Crippen MR) is 69.4 cm³/mol. The van der Waals surface area contributed by atoms with Gasteiger partial charge in [0.1, 0.15) is 6.04 Å². The third-order valence-electron chi connectivity index (χ3n) is 2.37. The van der Waals surface area contributed by atoms with E-state index in [0.29, 0.717) is 18.7 Å². The van der Waals surface area contributed by atoms with Crippen molar-refractivity contribution in [1.29, 1.82) is 0 Å². The monoisotopic (exact) mass is 271 g/mol. The number of aryl methyl sites for hydroxylation is 1. The Labute approximate surface area is 110 Å². The summed E-state index contributed by atoms with van der Waals surface area (Å²) in [5.41, 5.74) is 0. The third-order valence-corrected chi connectivity index (χ3v) is 3.02. The van der Waals surface area contributed by atoms with Crippen LogP contribution in [0.2, 0.25) is 0 Å². The molecular formula is C11H17N3O3S. The van der Waals surface area contributed by atoms with Gasteiger partial charge in [0.25, 0.3) is 0 Å². The van der Waals surface area contributed by atoms with Gasteiger partial charge in [-0.15, -0.1) is 0 Å². The molecular weight excluding hydrogens is 254 g/mol. The van der Waals surface area contributed by atoms with Gasteiger partial charge >= 0.3 is 5.97 Å². The molecule has 0 radical (unpaired) electrons. The number of rotatable bonds is 8. The molecule has 1 atom stereocenters. The maximum Gasteiger partial charge on any atom is 0.326 e. The van der Waals surface area contributed by atoms with E-state index in [4.69, 9.17) is 5.11 Å². The lowest BCUT2D eigenvalue weighted by Crippen LogP contribution is -2.41. The van der Waals surface area contributed by atoms with Crippen molar-refractivity contribution in [2.24, 2.45) is 0 Å². The molecule has 0 bridgehead atoms. The first-order chi connectivity index (χ1) is 8.63. The van der Waals surface area contributed by atoms with Gasteiger partial charge in [-0.3, -0.25) is 9.48 Å². The normalized spacial score (nSPS) is 12.1. The van der Waals surface area contributed by atoms with E-state index < -0.39 is 12.0 Å². The Balaban J connectivity index is 2.34. The molecule has 0 aliphatic heterocycles. The lowest BCUT2D eigenvalue weighted by atomic mass is 10.2. The van der Waals surface area contributed by atoms with E-state index in [0.717, 1.165) is 0 Å². The number of amides is 1. The topological polar surface area (TPSA) is 84.2 Å². The maximum atomic E-state index is 11.6. The van der Waals surface area contributed by atoms with Gasteiger partial charge in [0.15, 0.2) is 0 Å². The highest BCUT2D eigenvalue weighted by Gasteiger charge is 2.18. The van der Waals surface area contributed by atoms with Crippen LogP contribution in [-0.2, 0) is 16.1 Å². The number of aromatic nitrogens is 2. The zero-order valence-electron chi connectivity index (χ0n) is 10.2. The molecule has 0 spiro atoms. The molecule has 0 aromatic carbocycles. The lowest BCUT2D eigenvalue weighted by molar-refractivity contribution is -0.141. The Bertz CT molecular complexity index is 381. The van der Waals surface area contributed by atoms with Crippen molar-refractivity contribution >= 4 is 23.6 Å². The fourth-order valence-electron chi connectivity index (χ4n) is 1.41. The number of carboxylic acid groups (broad SMARTS) is 1. The second-order valence-electron chi connectivity index (χ2n) is 3.76. The van der Waals surface area contributed by atoms with E-state index in [1.807, 2.05) is 6.26 Å². The van der Waals surface area contributed by atoms with Crippen LogP contribution in [0.4, 0.5) is 0 Å². The summed E-state index contributed by atoms with van der Waals surface area (Å²) >= 11 is 1.56. The van der Waals surface area contributed by atoms with E-state index in [-0.39, 0.29) is 12.3 Å². The Kier molecular flexibility index (Phi) is 6.27. The van der Waals surface area contributed by atoms with Crippen molar-refractivity contribution in [2.45, 2.75) is 25.4 Å². The summed E-state index contributed by atoms with van der Waals surface area (Å²) in [7, 11) is 0. The molecule has 100 valence electrons. The number of carbonyl (C=O) groups is 2. The zero-order chi connectivity index (χ0) is 13.4. The maximum absolute atomic E-state index is 11.6. The Morgan fingerprint density at radius 1 is 1.56 bits per heavy atom. The van der Waals surface area contributed by atoms with Gasteiger partial charge in [0, 0.05) is 25.4 Å². The molecule has 1 amide bonds. The molecule has 1 aromatic rings. The van der Waals surface area contributed by atoms with E-state index in [2.05, 4.69) is 10.4 Å². The van der Waals surface area contributed by atoms with Gasteiger partial charge in [0.05, 0.1) is 0 Å². The average molecular weight is 271 g/mol. The number of carboxylic acids is 1. The summed E-state index contributed by atoms with van der Waals surface area (Å²) in [5.74, 6) is -0.549. The molecule has 18 heavy (non-hydrogen) atoms. The smallest absolute Gasteiger partial charge is 0.326 e. The standard InChI is InChI=1S/C11H17N3O3S/c1-18-8-4-9(11(16)17)13-10(15)3-7-14-6-2-5-12-14/h2,5-6,9H,3-4,7-8H2,1H3,(H,13,15)(H,16,17)/t9-/m1/s1. The van der Waals surface area contributed by atoms with Gasteiger partial charge < -0.3 is 10.4 Å². The highest BCUT2D eigenvalue weighted by Crippen LogP contribution is 2.01. The van der Waals surface area contributed by atoms with Crippen LogP contribution in [0.5, 0.6) is 0 Å². The van der Waals surface area contributed by atoms with Crippen LogP contribution in [0.3, 0.4) is 0 Å². The van der Waals surface area contributed by atoms with Crippen molar-refractivity contribution in [3.05, 3.63) is 18.5 Å². The van der Waals surface area contributed by atoms with Crippen molar-refractivity contribution < 1.29 is 14.7 Å². The van der Waals surface area contributed by atoms with Gasteiger partial charge in [0.2, 0.25) is 5.91 Å². The molecule has 0 unspecified atom stereocenters. The average Bonchev–Trinajstić information content (AvgIpc) is 2.84. The van der Waals surface area contributed by atoms with Crippen LogP contribution >= 0.6 is 11.8 Å². The van der Waals surface area contributed by atoms with Crippen molar-refractivity contribution in [1.82, 2.24) is 15.1 Å². The van der Waals surface area contributed by atoms with E-state index >= 15 is 0 Å². The van der Waals surface area contributed by atoms with Crippen LogP contribution in [-0.4, -0.2) is 44.8 Å². The number of thioether (sulfide) groups is 1. The molecule has 2 N–H and O–H groups in total. The van der Waals surface area contributed by atoms with Crippen molar-refractivity contribution in [3.63, 3.8) is 0 Å². The highest BCUT2D eigenvalue weighted by molar-refractivity contribution is 7.98. The summed E-state index contributed by atoms with van der Waals surface area (Å²) in [6.07, 6.45) is 5.96. The van der Waals surface area contributed by atoms with E-state index in [9.17, 15) is 9.59 Å². The first-order valence-electron chi connectivity index (χ1n) is 5.62. The number of hydrogen-bond acceptors (Lipinski definition) is 4. The molecule has 0 fully saturated rings. The van der Waals surface area contributed by atoms with Gasteiger partial charge in [-0.05, 0) is 24.5 Å². The first kappa shape index (κ1) is 14.6. The molecule has 7 heteroatoms.